The highest BCUT2D eigenvalue weighted by Crippen LogP contribution is 2.36. The van der Waals surface area contributed by atoms with Gasteiger partial charge in [0.1, 0.15) is 6.54 Å². The summed E-state index contributed by atoms with van der Waals surface area (Å²) in [5.74, 6) is -1.36. The summed E-state index contributed by atoms with van der Waals surface area (Å²) in [4.78, 5) is 39.6. The number of nitrogens with zero attached hydrogens (tertiary/aromatic N) is 1. The summed E-state index contributed by atoms with van der Waals surface area (Å²) in [6.07, 6.45) is -4.50. The quantitative estimate of drug-likeness (QED) is 0.570. The average molecular weight is 453 g/mol. The lowest BCUT2D eigenvalue weighted by molar-refractivity contribution is -0.137. The average Bonchev–Trinajstić information content (AvgIpc) is 3.05. The minimum atomic E-state index is -4.50. The van der Waals surface area contributed by atoms with E-state index in [0.717, 1.165) is 29.2 Å². The molecule has 1 fully saturated rings. The number of carbonyl (C=O) groups is 3. The first-order valence-electron chi connectivity index (χ1n) is 9.94. The van der Waals surface area contributed by atoms with E-state index in [1.54, 1.807) is 60.7 Å². The van der Waals surface area contributed by atoms with Gasteiger partial charge in [-0.05, 0) is 35.4 Å². The number of amides is 4. The van der Waals surface area contributed by atoms with Crippen molar-refractivity contribution in [3.05, 3.63) is 102 Å². The molecule has 0 atom stereocenters. The summed E-state index contributed by atoms with van der Waals surface area (Å²) in [5.41, 5.74) is -1.20. The molecule has 1 heterocycles. The van der Waals surface area contributed by atoms with E-state index < -0.39 is 41.7 Å². The summed E-state index contributed by atoms with van der Waals surface area (Å²) < 4.78 is 38.1. The molecule has 4 amide bonds. The zero-order chi connectivity index (χ0) is 23.6. The molecule has 0 aromatic heterocycles. The van der Waals surface area contributed by atoms with Gasteiger partial charge in [0, 0.05) is 5.69 Å². The topological polar surface area (TPSA) is 78.5 Å². The van der Waals surface area contributed by atoms with E-state index in [2.05, 4.69) is 10.6 Å². The molecule has 1 saturated heterocycles. The largest absolute Gasteiger partial charge is 0.416 e. The van der Waals surface area contributed by atoms with E-state index >= 15 is 0 Å². The Morgan fingerprint density at radius 3 is 1.85 bits per heavy atom. The Bertz CT molecular complexity index is 1140. The summed E-state index contributed by atoms with van der Waals surface area (Å²) >= 11 is 0. The zero-order valence-electron chi connectivity index (χ0n) is 17.1. The molecule has 33 heavy (non-hydrogen) atoms. The minimum Gasteiger partial charge on any atom is -0.325 e. The molecule has 3 aromatic rings. The smallest absolute Gasteiger partial charge is 0.325 e. The third kappa shape index (κ3) is 4.17. The van der Waals surface area contributed by atoms with E-state index in [9.17, 15) is 27.6 Å². The predicted octanol–water partition coefficient (Wildman–Crippen LogP) is 4.14. The van der Waals surface area contributed by atoms with Crippen molar-refractivity contribution in [1.82, 2.24) is 10.2 Å². The highest BCUT2D eigenvalue weighted by molar-refractivity contribution is 6.12. The lowest BCUT2D eigenvalue weighted by Gasteiger charge is -2.28. The standard InChI is InChI=1S/C24H18F3N3O3/c25-24(26,27)18-11-13-19(14-12-18)28-20(31)15-30-21(32)23(29-22(30)33,16-7-3-1-4-8-16)17-9-5-2-6-10-17/h1-14H,15H2,(H,28,31)(H,29,33). The Labute approximate surface area is 187 Å². The van der Waals surface area contributed by atoms with Gasteiger partial charge in [0.05, 0.1) is 5.56 Å². The summed E-state index contributed by atoms with van der Waals surface area (Å²) in [5, 5.41) is 5.14. The molecule has 0 aliphatic carbocycles. The van der Waals surface area contributed by atoms with Crippen LogP contribution in [0.2, 0.25) is 0 Å². The van der Waals surface area contributed by atoms with Crippen LogP contribution in [0.5, 0.6) is 0 Å². The maximum absolute atomic E-state index is 13.5. The number of alkyl halides is 3. The monoisotopic (exact) mass is 453 g/mol. The molecular formula is C24H18F3N3O3. The van der Waals surface area contributed by atoms with Gasteiger partial charge >= 0.3 is 12.2 Å². The highest BCUT2D eigenvalue weighted by atomic mass is 19.4. The molecule has 6 nitrogen and oxygen atoms in total. The Kier molecular flexibility index (Phi) is 5.63. The number of benzene rings is 3. The third-order valence-corrected chi connectivity index (χ3v) is 5.32. The molecule has 1 aliphatic rings. The second-order valence-electron chi connectivity index (χ2n) is 7.43. The van der Waals surface area contributed by atoms with Crippen LogP contribution in [-0.4, -0.2) is 29.3 Å². The van der Waals surface area contributed by atoms with Crippen molar-refractivity contribution in [2.75, 3.05) is 11.9 Å². The second kappa shape index (κ2) is 8.42. The fraction of sp³-hybridized carbons (Fsp3) is 0.125. The van der Waals surface area contributed by atoms with Crippen LogP contribution in [0.4, 0.5) is 23.7 Å². The van der Waals surface area contributed by atoms with E-state index in [1.807, 2.05) is 0 Å². The maximum Gasteiger partial charge on any atom is 0.416 e. The molecule has 3 aromatic carbocycles. The first-order chi connectivity index (χ1) is 15.7. The first kappa shape index (κ1) is 22.1. The number of hydrogen-bond acceptors (Lipinski definition) is 3. The van der Waals surface area contributed by atoms with Crippen molar-refractivity contribution >= 4 is 23.5 Å². The third-order valence-electron chi connectivity index (χ3n) is 5.32. The number of anilines is 1. The van der Waals surface area contributed by atoms with Crippen LogP contribution in [-0.2, 0) is 21.3 Å². The maximum atomic E-state index is 13.5. The van der Waals surface area contributed by atoms with Crippen LogP contribution in [0, 0.1) is 0 Å². The predicted molar refractivity (Wildman–Crippen MR) is 114 cm³/mol. The number of rotatable bonds is 5. The minimum absolute atomic E-state index is 0.109. The lowest BCUT2D eigenvalue weighted by Crippen LogP contribution is -2.45. The van der Waals surface area contributed by atoms with Crippen molar-refractivity contribution < 1.29 is 27.6 Å². The number of hydrogen-bond donors (Lipinski definition) is 2. The van der Waals surface area contributed by atoms with Crippen molar-refractivity contribution in [2.45, 2.75) is 11.7 Å². The summed E-state index contributed by atoms with van der Waals surface area (Å²) in [6, 6.07) is 20.4. The Hall–Kier alpha value is -4.14. The van der Waals surface area contributed by atoms with Crippen LogP contribution >= 0.6 is 0 Å². The molecule has 2 N–H and O–H groups in total. The molecule has 4 rings (SSSR count). The van der Waals surface area contributed by atoms with Gasteiger partial charge in [0.15, 0.2) is 5.54 Å². The van der Waals surface area contributed by atoms with E-state index in [4.69, 9.17) is 0 Å². The van der Waals surface area contributed by atoms with E-state index in [-0.39, 0.29) is 5.69 Å². The molecule has 0 radical (unpaired) electrons. The van der Waals surface area contributed by atoms with Gasteiger partial charge < -0.3 is 10.6 Å². The SMILES string of the molecule is O=C(CN1C(=O)NC(c2ccccc2)(c2ccccc2)C1=O)Nc1ccc(C(F)(F)F)cc1. The molecule has 0 saturated carbocycles. The zero-order valence-corrected chi connectivity index (χ0v) is 17.1. The summed E-state index contributed by atoms with van der Waals surface area (Å²) in [6.45, 7) is -0.604. The van der Waals surface area contributed by atoms with Gasteiger partial charge in [-0.3, -0.25) is 14.5 Å². The fourth-order valence-electron chi connectivity index (χ4n) is 3.74. The van der Waals surface area contributed by atoms with Gasteiger partial charge in [0.2, 0.25) is 5.91 Å². The number of imide groups is 1. The molecule has 0 unspecified atom stereocenters. The molecule has 0 bridgehead atoms. The van der Waals surface area contributed by atoms with Crippen molar-refractivity contribution in [1.29, 1.82) is 0 Å². The summed E-state index contributed by atoms with van der Waals surface area (Å²) in [7, 11) is 0. The Balaban J connectivity index is 1.57. The van der Waals surface area contributed by atoms with Crippen molar-refractivity contribution in [3.63, 3.8) is 0 Å². The van der Waals surface area contributed by atoms with Gasteiger partial charge in [-0.2, -0.15) is 13.2 Å². The molecule has 0 spiro atoms. The number of carbonyl (C=O) groups excluding carboxylic acids is 3. The number of nitrogens with one attached hydrogen (secondary N) is 2. The number of urea groups is 1. The van der Waals surface area contributed by atoms with Crippen LogP contribution < -0.4 is 10.6 Å². The van der Waals surface area contributed by atoms with Gasteiger partial charge in [-0.1, -0.05) is 60.7 Å². The van der Waals surface area contributed by atoms with Crippen LogP contribution in [0.3, 0.4) is 0 Å². The molecule has 168 valence electrons. The van der Waals surface area contributed by atoms with Gasteiger partial charge in [-0.15, -0.1) is 0 Å². The van der Waals surface area contributed by atoms with Crippen LogP contribution in [0.25, 0.3) is 0 Å². The molecule has 9 heteroatoms. The van der Waals surface area contributed by atoms with Gasteiger partial charge in [0.25, 0.3) is 5.91 Å². The van der Waals surface area contributed by atoms with Crippen molar-refractivity contribution in [3.8, 4) is 0 Å². The van der Waals surface area contributed by atoms with E-state index in [1.165, 1.54) is 0 Å². The van der Waals surface area contributed by atoms with Crippen molar-refractivity contribution in [2.24, 2.45) is 0 Å². The van der Waals surface area contributed by atoms with Gasteiger partial charge in [-0.25, -0.2) is 4.79 Å². The Morgan fingerprint density at radius 2 is 1.36 bits per heavy atom. The van der Waals surface area contributed by atoms with E-state index in [0.29, 0.717) is 11.1 Å². The number of halogens is 3. The molecular weight excluding hydrogens is 435 g/mol. The molecule has 1 aliphatic heterocycles. The fourth-order valence-corrected chi connectivity index (χ4v) is 3.74. The normalized spacial score (nSPS) is 15.3. The van der Waals surface area contributed by atoms with Crippen LogP contribution in [0.15, 0.2) is 84.9 Å². The lowest BCUT2D eigenvalue weighted by atomic mass is 9.82. The Morgan fingerprint density at radius 1 is 0.848 bits per heavy atom. The second-order valence-corrected chi connectivity index (χ2v) is 7.43. The highest BCUT2D eigenvalue weighted by Gasteiger charge is 2.54. The first-order valence-corrected chi connectivity index (χ1v) is 9.94. The van der Waals surface area contributed by atoms with Crippen LogP contribution in [0.1, 0.15) is 16.7 Å².